The minimum atomic E-state index is -0.514. The van der Waals surface area contributed by atoms with Gasteiger partial charge in [0.1, 0.15) is 11.5 Å². The van der Waals surface area contributed by atoms with Gasteiger partial charge in [0.15, 0.2) is 5.82 Å². The number of piperazine rings is 1. The number of aromatic nitrogens is 3. The van der Waals surface area contributed by atoms with Gasteiger partial charge in [-0.25, -0.2) is 19.2 Å². The average Bonchev–Trinajstić information content (AvgIpc) is 3.30. The van der Waals surface area contributed by atoms with E-state index in [1.54, 1.807) is 21.7 Å². The smallest absolute Gasteiger partial charge is 0.327 e. The summed E-state index contributed by atoms with van der Waals surface area (Å²) in [7, 11) is 0. The van der Waals surface area contributed by atoms with Crippen LogP contribution in [-0.4, -0.2) is 53.1 Å². The van der Waals surface area contributed by atoms with Gasteiger partial charge in [0, 0.05) is 68.1 Å². The number of carbonyl (C=O) groups is 1. The molecule has 0 aliphatic carbocycles. The van der Waals surface area contributed by atoms with Gasteiger partial charge < -0.3 is 19.9 Å². The lowest BCUT2D eigenvalue weighted by Crippen LogP contribution is -2.44. The SMILES string of the molecule is Cc1cc(N2CCNCC2)c2c(n1)N(C(=O)Nc1cn3cc(C)nc3cc1F)CC2. The molecule has 1 fully saturated rings. The zero-order valence-electron chi connectivity index (χ0n) is 17.1. The normalized spacial score (nSPS) is 16.2. The number of pyridine rings is 2. The number of hydrogen-bond donors (Lipinski definition) is 2. The Hall–Kier alpha value is -3.20. The third-order valence-corrected chi connectivity index (χ3v) is 5.66. The molecule has 0 saturated carbocycles. The first-order valence-electron chi connectivity index (χ1n) is 10.2. The molecule has 2 N–H and O–H groups in total. The molecule has 156 valence electrons. The third-order valence-electron chi connectivity index (χ3n) is 5.66. The van der Waals surface area contributed by atoms with E-state index in [0.29, 0.717) is 18.0 Å². The van der Waals surface area contributed by atoms with Gasteiger partial charge in [0.05, 0.1) is 11.4 Å². The van der Waals surface area contributed by atoms with Gasteiger partial charge >= 0.3 is 6.03 Å². The Morgan fingerprint density at radius 3 is 2.70 bits per heavy atom. The predicted octanol–water partition coefficient (Wildman–Crippen LogP) is 2.49. The Labute approximate surface area is 173 Å². The highest BCUT2D eigenvalue weighted by molar-refractivity contribution is 6.03. The molecule has 0 bridgehead atoms. The maximum atomic E-state index is 14.5. The minimum Gasteiger partial charge on any atom is -0.369 e. The van der Waals surface area contributed by atoms with Crippen molar-refractivity contribution in [1.29, 1.82) is 0 Å². The maximum absolute atomic E-state index is 14.5. The Bertz CT molecular complexity index is 1140. The number of anilines is 3. The van der Waals surface area contributed by atoms with Gasteiger partial charge in [-0.2, -0.15) is 0 Å². The molecule has 2 amide bonds. The predicted molar refractivity (Wildman–Crippen MR) is 114 cm³/mol. The topological polar surface area (TPSA) is 77.8 Å². The molecule has 5 heterocycles. The lowest BCUT2D eigenvalue weighted by atomic mass is 10.1. The fourth-order valence-corrected chi connectivity index (χ4v) is 4.26. The third kappa shape index (κ3) is 3.24. The first-order valence-corrected chi connectivity index (χ1v) is 10.2. The van der Waals surface area contributed by atoms with Crippen LogP contribution < -0.4 is 20.4 Å². The molecular formula is C21H24FN7O. The van der Waals surface area contributed by atoms with Crippen LogP contribution >= 0.6 is 0 Å². The molecule has 8 nitrogen and oxygen atoms in total. The van der Waals surface area contributed by atoms with Gasteiger partial charge in [0.25, 0.3) is 0 Å². The highest BCUT2D eigenvalue weighted by atomic mass is 19.1. The summed E-state index contributed by atoms with van der Waals surface area (Å²) in [5.74, 6) is 0.153. The monoisotopic (exact) mass is 409 g/mol. The van der Waals surface area contributed by atoms with Crippen LogP contribution in [-0.2, 0) is 6.42 Å². The van der Waals surface area contributed by atoms with E-state index in [1.807, 2.05) is 13.8 Å². The number of rotatable bonds is 2. The first-order chi connectivity index (χ1) is 14.5. The van der Waals surface area contributed by atoms with E-state index >= 15 is 0 Å². The molecule has 3 aromatic rings. The number of carbonyl (C=O) groups excluding carboxylic acids is 1. The molecule has 30 heavy (non-hydrogen) atoms. The van der Waals surface area contributed by atoms with Gasteiger partial charge in [-0.05, 0) is 26.3 Å². The van der Waals surface area contributed by atoms with Crippen LogP contribution in [0.15, 0.2) is 24.5 Å². The number of amides is 2. The van der Waals surface area contributed by atoms with Crippen molar-refractivity contribution in [3.05, 3.63) is 47.3 Å². The van der Waals surface area contributed by atoms with Crippen LogP contribution in [0.3, 0.4) is 0 Å². The summed E-state index contributed by atoms with van der Waals surface area (Å²) in [5, 5.41) is 6.08. The largest absolute Gasteiger partial charge is 0.369 e. The van der Waals surface area contributed by atoms with Gasteiger partial charge in [0.2, 0.25) is 0 Å². The average molecular weight is 409 g/mol. The van der Waals surface area contributed by atoms with E-state index in [1.165, 1.54) is 6.07 Å². The van der Waals surface area contributed by atoms with Gasteiger partial charge in [-0.1, -0.05) is 0 Å². The van der Waals surface area contributed by atoms with Crippen molar-refractivity contribution in [3.8, 4) is 0 Å². The maximum Gasteiger partial charge on any atom is 0.327 e. The van der Waals surface area contributed by atoms with Crippen LogP contribution in [0.25, 0.3) is 5.65 Å². The zero-order chi connectivity index (χ0) is 20.8. The number of nitrogens with zero attached hydrogens (tertiary/aromatic N) is 5. The quantitative estimate of drug-likeness (QED) is 0.680. The minimum absolute atomic E-state index is 0.119. The molecule has 0 spiro atoms. The van der Waals surface area contributed by atoms with E-state index in [-0.39, 0.29) is 11.7 Å². The van der Waals surface area contributed by atoms with E-state index < -0.39 is 5.82 Å². The number of urea groups is 1. The van der Waals surface area contributed by atoms with Crippen LogP contribution in [0, 0.1) is 19.7 Å². The first kappa shape index (κ1) is 18.8. The molecule has 0 radical (unpaired) electrons. The fourth-order valence-electron chi connectivity index (χ4n) is 4.26. The molecule has 0 unspecified atom stereocenters. The molecule has 2 aliphatic rings. The lowest BCUT2D eigenvalue weighted by molar-refractivity contribution is 0.257. The Kier molecular flexibility index (Phi) is 4.54. The Morgan fingerprint density at radius 2 is 1.90 bits per heavy atom. The Morgan fingerprint density at radius 1 is 1.10 bits per heavy atom. The molecule has 3 aromatic heterocycles. The van der Waals surface area contributed by atoms with Crippen molar-refractivity contribution in [2.75, 3.05) is 47.8 Å². The molecule has 2 aliphatic heterocycles. The van der Waals surface area contributed by atoms with Crippen molar-refractivity contribution in [1.82, 2.24) is 19.7 Å². The summed E-state index contributed by atoms with van der Waals surface area (Å²) in [4.78, 5) is 25.9. The van der Waals surface area contributed by atoms with Crippen molar-refractivity contribution in [2.45, 2.75) is 20.3 Å². The highest BCUT2D eigenvalue weighted by Crippen LogP contribution is 2.35. The van der Waals surface area contributed by atoms with Crippen LogP contribution in [0.1, 0.15) is 17.0 Å². The second-order valence-electron chi connectivity index (χ2n) is 7.84. The lowest BCUT2D eigenvalue weighted by Gasteiger charge is -2.31. The number of imidazole rings is 1. The van der Waals surface area contributed by atoms with Gasteiger partial charge in [-0.3, -0.25) is 4.90 Å². The summed E-state index contributed by atoms with van der Waals surface area (Å²) in [6, 6.07) is 3.04. The summed E-state index contributed by atoms with van der Waals surface area (Å²) in [6.45, 7) is 8.04. The molecule has 5 rings (SSSR count). The van der Waals surface area contributed by atoms with E-state index in [9.17, 15) is 9.18 Å². The summed E-state index contributed by atoms with van der Waals surface area (Å²) in [6.07, 6.45) is 4.08. The molecule has 1 saturated heterocycles. The Balaban J connectivity index is 1.44. The molecule has 0 aromatic carbocycles. The summed E-state index contributed by atoms with van der Waals surface area (Å²) < 4.78 is 16.2. The van der Waals surface area contributed by atoms with Crippen molar-refractivity contribution >= 4 is 28.9 Å². The van der Waals surface area contributed by atoms with Crippen LogP contribution in [0.5, 0.6) is 0 Å². The number of halogens is 1. The summed E-state index contributed by atoms with van der Waals surface area (Å²) >= 11 is 0. The number of fused-ring (bicyclic) bond motifs is 2. The standard InChI is InChI=1S/C21H24FN7O/c1-13-9-18(27-7-4-23-5-8-27)15-3-6-29(20(15)25-13)21(30)26-17-12-28-11-14(2)24-19(28)10-16(17)22/h9-12,23H,3-8H2,1-2H3,(H,26,30). The number of aryl methyl sites for hydroxylation is 2. The van der Waals surface area contributed by atoms with Crippen molar-refractivity contribution in [3.63, 3.8) is 0 Å². The highest BCUT2D eigenvalue weighted by Gasteiger charge is 2.31. The summed E-state index contributed by atoms with van der Waals surface area (Å²) in [5.41, 5.74) is 4.50. The second-order valence-corrected chi connectivity index (χ2v) is 7.84. The van der Waals surface area contributed by atoms with E-state index in [2.05, 4.69) is 31.6 Å². The zero-order valence-corrected chi connectivity index (χ0v) is 17.1. The van der Waals surface area contributed by atoms with E-state index in [0.717, 1.165) is 55.2 Å². The molecular weight excluding hydrogens is 385 g/mol. The van der Waals surface area contributed by atoms with Crippen molar-refractivity contribution < 1.29 is 9.18 Å². The van der Waals surface area contributed by atoms with E-state index in [4.69, 9.17) is 0 Å². The number of nitrogens with one attached hydrogen (secondary N) is 2. The second kappa shape index (κ2) is 7.24. The number of hydrogen-bond acceptors (Lipinski definition) is 5. The molecule has 9 heteroatoms. The van der Waals surface area contributed by atoms with Gasteiger partial charge in [-0.15, -0.1) is 0 Å². The van der Waals surface area contributed by atoms with Crippen LogP contribution in [0.4, 0.5) is 26.4 Å². The fraction of sp³-hybridized carbons (Fsp3) is 0.381. The van der Waals surface area contributed by atoms with Crippen molar-refractivity contribution in [2.24, 2.45) is 0 Å². The van der Waals surface area contributed by atoms with Crippen LogP contribution in [0.2, 0.25) is 0 Å². The molecule has 0 atom stereocenters.